The Kier molecular flexibility index (Phi) is 6.28. The second-order valence-corrected chi connectivity index (χ2v) is 8.07. The highest BCUT2D eigenvalue weighted by atomic mass is 79.9. The average molecular weight is 397 g/mol. The van der Waals surface area contributed by atoms with E-state index in [2.05, 4.69) is 26.1 Å². The molecule has 1 heterocycles. The van der Waals surface area contributed by atoms with Gasteiger partial charge in [0.15, 0.2) is 0 Å². The van der Waals surface area contributed by atoms with Crippen molar-refractivity contribution in [2.24, 2.45) is 5.92 Å². The number of rotatable bonds is 5. The van der Waals surface area contributed by atoms with E-state index in [9.17, 15) is 9.18 Å². The lowest BCUT2D eigenvalue weighted by molar-refractivity contribution is -0.121. The fourth-order valence-corrected chi connectivity index (χ4v) is 4.36. The zero-order valence-electron chi connectivity index (χ0n) is 14.1. The molecule has 1 aliphatic heterocycles. The molecule has 0 unspecified atom stereocenters. The topological polar surface area (TPSA) is 32.3 Å². The molecule has 0 aromatic heterocycles. The third kappa shape index (κ3) is 5.03. The summed E-state index contributed by atoms with van der Waals surface area (Å²) in [6.07, 6.45) is 7.96. The Labute approximate surface area is 152 Å². The third-order valence-corrected chi connectivity index (χ3v) is 5.90. The molecule has 0 bridgehead atoms. The van der Waals surface area contributed by atoms with Gasteiger partial charge in [0, 0.05) is 25.7 Å². The lowest BCUT2D eigenvalue weighted by atomic mass is 10.0. The highest BCUT2D eigenvalue weighted by Gasteiger charge is 2.24. The van der Waals surface area contributed by atoms with Gasteiger partial charge in [0.25, 0.3) is 0 Å². The first kappa shape index (κ1) is 17.9. The van der Waals surface area contributed by atoms with Gasteiger partial charge in [-0.15, -0.1) is 0 Å². The van der Waals surface area contributed by atoms with Gasteiger partial charge in [-0.25, -0.2) is 4.39 Å². The highest BCUT2D eigenvalue weighted by molar-refractivity contribution is 9.10. The molecule has 1 N–H and O–H groups in total. The maximum atomic E-state index is 13.2. The van der Waals surface area contributed by atoms with Crippen LogP contribution in [0.15, 0.2) is 22.7 Å². The monoisotopic (exact) mass is 396 g/mol. The van der Waals surface area contributed by atoms with Crippen molar-refractivity contribution < 1.29 is 9.18 Å². The van der Waals surface area contributed by atoms with Crippen LogP contribution in [0.2, 0.25) is 0 Å². The van der Waals surface area contributed by atoms with Crippen molar-refractivity contribution in [1.82, 2.24) is 10.2 Å². The van der Waals surface area contributed by atoms with Crippen molar-refractivity contribution >= 4 is 21.8 Å². The normalized spacial score (nSPS) is 20.4. The van der Waals surface area contributed by atoms with E-state index in [0.29, 0.717) is 10.9 Å². The summed E-state index contributed by atoms with van der Waals surface area (Å²) in [6.45, 7) is 3.41. The number of nitrogens with one attached hydrogen (secondary N) is 1. The minimum atomic E-state index is -0.297. The number of halogens is 2. The van der Waals surface area contributed by atoms with Gasteiger partial charge in [-0.3, -0.25) is 4.79 Å². The van der Waals surface area contributed by atoms with Crippen LogP contribution in [-0.2, 0) is 11.2 Å². The van der Waals surface area contributed by atoms with E-state index in [4.69, 9.17) is 0 Å². The van der Waals surface area contributed by atoms with Gasteiger partial charge in [0.05, 0.1) is 10.9 Å². The molecule has 1 saturated heterocycles. The number of amides is 1. The predicted octanol–water partition coefficient (Wildman–Crippen LogP) is 3.90. The molecule has 2 aliphatic rings. The lowest BCUT2D eigenvalue weighted by Crippen LogP contribution is -2.46. The summed E-state index contributed by atoms with van der Waals surface area (Å²) in [5.74, 6) is 0.629. The largest absolute Gasteiger partial charge is 0.353 e. The smallest absolute Gasteiger partial charge is 0.224 e. The fraction of sp³-hybridized carbons (Fsp3) is 0.632. The Hall–Kier alpha value is -0.940. The molecule has 1 aromatic rings. The van der Waals surface area contributed by atoms with Crippen molar-refractivity contribution in [3.05, 3.63) is 34.1 Å². The molecule has 24 heavy (non-hydrogen) atoms. The molecular formula is C19H26BrFN2O. The zero-order chi connectivity index (χ0) is 16.9. The van der Waals surface area contributed by atoms with E-state index in [0.717, 1.165) is 37.4 Å². The van der Waals surface area contributed by atoms with Crippen LogP contribution in [0.4, 0.5) is 4.39 Å². The summed E-state index contributed by atoms with van der Waals surface area (Å²) in [5, 5.41) is 3.14. The van der Waals surface area contributed by atoms with Crippen LogP contribution < -0.4 is 5.32 Å². The Balaban J connectivity index is 1.40. The quantitative estimate of drug-likeness (QED) is 0.818. The lowest BCUT2D eigenvalue weighted by Gasteiger charge is -2.33. The summed E-state index contributed by atoms with van der Waals surface area (Å²) in [5.41, 5.74) is 0.833. The van der Waals surface area contributed by atoms with Crippen molar-refractivity contribution in [2.45, 2.75) is 51.0 Å². The SMILES string of the molecule is O=C(Cc1ccc(F)c(Br)c1)NC1CCN(CC2CCCC2)CC1. The van der Waals surface area contributed by atoms with Crippen LogP contribution in [0.1, 0.15) is 44.1 Å². The summed E-state index contributed by atoms with van der Waals surface area (Å²) in [7, 11) is 0. The first-order valence-corrected chi connectivity index (χ1v) is 9.85. The molecule has 2 fully saturated rings. The second kappa shape index (κ2) is 8.43. The third-order valence-electron chi connectivity index (χ3n) is 5.29. The Bertz CT molecular complexity index is 566. The van der Waals surface area contributed by atoms with Crippen molar-refractivity contribution in [1.29, 1.82) is 0 Å². The van der Waals surface area contributed by atoms with Gasteiger partial charge in [0.1, 0.15) is 5.82 Å². The van der Waals surface area contributed by atoms with E-state index in [1.54, 1.807) is 12.1 Å². The molecular weight excluding hydrogens is 371 g/mol. The number of hydrogen-bond donors (Lipinski definition) is 1. The minimum absolute atomic E-state index is 0.0303. The molecule has 132 valence electrons. The van der Waals surface area contributed by atoms with Crippen molar-refractivity contribution in [3.8, 4) is 0 Å². The maximum absolute atomic E-state index is 13.2. The number of likely N-dealkylation sites (tertiary alicyclic amines) is 1. The number of carbonyl (C=O) groups is 1. The van der Waals surface area contributed by atoms with Crippen LogP contribution >= 0.6 is 15.9 Å². The predicted molar refractivity (Wildman–Crippen MR) is 97.4 cm³/mol. The van der Waals surface area contributed by atoms with Crippen LogP contribution in [0, 0.1) is 11.7 Å². The molecule has 1 amide bonds. The number of benzene rings is 1. The standard InChI is InChI=1S/C19H26BrFN2O/c20-17-11-15(5-6-18(17)21)12-19(24)22-16-7-9-23(10-8-16)13-14-3-1-2-4-14/h5-6,11,14,16H,1-4,7-10,12-13H2,(H,22,24). The Morgan fingerprint density at radius 1 is 1.21 bits per heavy atom. The number of nitrogens with zero attached hydrogens (tertiary/aromatic N) is 1. The number of hydrogen-bond acceptors (Lipinski definition) is 2. The molecule has 0 atom stereocenters. The fourth-order valence-electron chi connectivity index (χ4n) is 3.93. The van der Waals surface area contributed by atoms with Crippen molar-refractivity contribution in [2.75, 3.05) is 19.6 Å². The van der Waals surface area contributed by atoms with Crippen LogP contribution in [0.5, 0.6) is 0 Å². The van der Waals surface area contributed by atoms with Gasteiger partial charge >= 0.3 is 0 Å². The molecule has 1 aliphatic carbocycles. The summed E-state index contributed by atoms with van der Waals surface area (Å²) in [4.78, 5) is 14.8. The molecule has 1 saturated carbocycles. The van der Waals surface area contributed by atoms with Crippen LogP contribution in [-0.4, -0.2) is 36.5 Å². The molecule has 3 rings (SSSR count). The Morgan fingerprint density at radius 2 is 1.92 bits per heavy atom. The van der Waals surface area contributed by atoms with E-state index in [1.165, 1.54) is 38.3 Å². The average Bonchev–Trinajstić information content (AvgIpc) is 3.06. The number of carbonyl (C=O) groups excluding carboxylic acids is 1. The summed E-state index contributed by atoms with van der Waals surface area (Å²) in [6, 6.07) is 5.03. The molecule has 3 nitrogen and oxygen atoms in total. The van der Waals surface area contributed by atoms with Gasteiger partial charge < -0.3 is 10.2 Å². The first-order valence-electron chi connectivity index (χ1n) is 9.06. The van der Waals surface area contributed by atoms with Crippen molar-refractivity contribution in [3.63, 3.8) is 0 Å². The minimum Gasteiger partial charge on any atom is -0.353 e. The van der Waals surface area contributed by atoms with Crippen LogP contribution in [0.3, 0.4) is 0 Å². The number of piperidine rings is 1. The van der Waals surface area contributed by atoms with E-state index < -0.39 is 0 Å². The maximum Gasteiger partial charge on any atom is 0.224 e. The zero-order valence-corrected chi connectivity index (χ0v) is 15.7. The van der Waals surface area contributed by atoms with Crippen LogP contribution in [0.25, 0.3) is 0 Å². The summed E-state index contributed by atoms with van der Waals surface area (Å²) >= 11 is 3.16. The van der Waals surface area contributed by atoms with Gasteiger partial charge in [-0.05, 0) is 65.2 Å². The van der Waals surface area contributed by atoms with E-state index in [-0.39, 0.29) is 17.8 Å². The van der Waals surface area contributed by atoms with E-state index >= 15 is 0 Å². The molecule has 1 aromatic carbocycles. The molecule has 5 heteroatoms. The first-order chi connectivity index (χ1) is 11.6. The van der Waals surface area contributed by atoms with E-state index in [1.807, 2.05) is 0 Å². The van der Waals surface area contributed by atoms with Gasteiger partial charge in [0.2, 0.25) is 5.91 Å². The summed E-state index contributed by atoms with van der Waals surface area (Å²) < 4.78 is 13.6. The second-order valence-electron chi connectivity index (χ2n) is 7.22. The van der Waals surface area contributed by atoms with Gasteiger partial charge in [-0.2, -0.15) is 0 Å². The Morgan fingerprint density at radius 3 is 2.58 bits per heavy atom. The molecule has 0 radical (unpaired) electrons. The van der Waals surface area contributed by atoms with Gasteiger partial charge in [-0.1, -0.05) is 18.9 Å². The highest BCUT2D eigenvalue weighted by Crippen LogP contribution is 2.26. The molecule has 0 spiro atoms.